The first-order valence-corrected chi connectivity index (χ1v) is 5.06. The van der Waals surface area contributed by atoms with Crippen molar-refractivity contribution in [1.29, 1.82) is 0 Å². The van der Waals surface area contributed by atoms with Gasteiger partial charge in [-0.05, 0) is 18.2 Å². The van der Waals surface area contributed by atoms with Gasteiger partial charge in [0.05, 0.1) is 12.3 Å². The lowest BCUT2D eigenvalue weighted by molar-refractivity contribution is 0.0685. The highest BCUT2D eigenvalue weighted by molar-refractivity contribution is 5.86. The molecule has 6 nitrogen and oxygen atoms in total. The summed E-state index contributed by atoms with van der Waals surface area (Å²) in [6, 6.07) is 5.62. The van der Waals surface area contributed by atoms with Gasteiger partial charge in [-0.1, -0.05) is 11.3 Å². The standard InChI is InChI=1S/C11H10FN3O3/c1-18-6-9-10(11(16)17)13-14-15(9)8-4-2-3-7(12)5-8/h2-5H,6H2,1H3,(H,16,17). The van der Waals surface area contributed by atoms with E-state index >= 15 is 0 Å². The van der Waals surface area contributed by atoms with E-state index in [4.69, 9.17) is 9.84 Å². The molecule has 0 fully saturated rings. The number of ether oxygens (including phenoxy) is 1. The first kappa shape index (κ1) is 12.2. The number of hydrogen-bond donors (Lipinski definition) is 1. The minimum atomic E-state index is -1.20. The Hall–Kier alpha value is -2.28. The summed E-state index contributed by atoms with van der Waals surface area (Å²) in [5, 5.41) is 16.2. The van der Waals surface area contributed by atoms with Crippen LogP contribution >= 0.6 is 0 Å². The van der Waals surface area contributed by atoms with Crippen molar-refractivity contribution in [3.05, 3.63) is 41.5 Å². The summed E-state index contributed by atoms with van der Waals surface area (Å²) in [6.07, 6.45) is 0. The van der Waals surface area contributed by atoms with Crippen LogP contribution in [0.2, 0.25) is 0 Å². The Morgan fingerprint density at radius 1 is 1.56 bits per heavy atom. The van der Waals surface area contributed by atoms with Crippen LogP contribution in [0.3, 0.4) is 0 Å². The van der Waals surface area contributed by atoms with Crippen LogP contribution in [0.15, 0.2) is 24.3 Å². The fourth-order valence-corrected chi connectivity index (χ4v) is 1.55. The molecule has 1 N–H and O–H groups in total. The summed E-state index contributed by atoms with van der Waals surface area (Å²) in [5.74, 6) is -1.65. The number of carboxylic acids is 1. The van der Waals surface area contributed by atoms with E-state index in [1.165, 1.54) is 30.0 Å². The molecule has 0 unspecified atom stereocenters. The Morgan fingerprint density at radius 3 is 2.94 bits per heavy atom. The SMILES string of the molecule is COCc1c(C(=O)O)nnn1-c1cccc(F)c1. The van der Waals surface area contributed by atoms with Crippen molar-refractivity contribution in [2.75, 3.05) is 7.11 Å². The maximum Gasteiger partial charge on any atom is 0.358 e. The van der Waals surface area contributed by atoms with Crippen molar-refractivity contribution in [3.63, 3.8) is 0 Å². The zero-order valence-electron chi connectivity index (χ0n) is 9.50. The lowest BCUT2D eigenvalue weighted by Crippen LogP contribution is -2.08. The van der Waals surface area contributed by atoms with Gasteiger partial charge in [0.15, 0.2) is 5.69 Å². The average Bonchev–Trinajstić information content (AvgIpc) is 2.73. The first-order valence-electron chi connectivity index (χ1n) is 5.06. The molecule has 0 aliphatic carbocycles. The Morgan fingerprint density at radius 2 is 2.33 bits per heavy atom. The molecule has 0 amide bonds. The van der Waals surface area contributed by atoms with Crippen LogP contribution < -0.4 is 0 Å². The second-order valence-corrected chi connectivity index (χ2v) is 3.51. The van der Waals surface area contributed by atoms with Gasteiger partial charge in [0.2, 0.25) is 0 Å². The Balaban J connectivity index is 2.54. The molecule has 7 heteroatoms. The van der Waals surface area contributed by atoms with E-state index in [2.05, 4.69) is 10.3 Å². The fraction of sp³-hybridized carbons (Fsp3) is 0.182. The molecule has 1 aromatic heterocycles. The maximum absolute atomic E-state index is 13.1. The minimum Gasteiger partial charge on any atom is -0.476 e. The predicted molar refractivity (Wildman–Crippen MR) is 59.0 cm³/mol. The quantitative estimate of drug-likeness (QED) is 0.884. The highest BCUT2D eigenvalue weighted by atomic mass is 19.1. The maximum atomic E-state index is 13.1. The third-order valence-electron chi connectivity index (χ3n) is 2.30. The number of aromatic carboxylic acids is 1. The molecule has 1 heterocycles. The van der Waals surface area contributed by atoms with E-state index in [-0.39, 0.29) is 18.0 Å². The number of carbonyl (C=O) groups is 1. The molecule has 0 atom stereocenters. The smallest absolute Gasteiger partial charge is 0.358 e. The molecule has 0 spiro atoms. The summed E-state index contributed by atoms with van der Waals surface area (Å²) < 4.78 is 19.3. The molecule has 0 bridgehead atoms. The van der Waals surface area contributed by atoms with Crippen molar-refractivity contribution < 1.29 is 19.0 Å². The molecule has 18 heavy (non-hydrogen) atoms. The van der Waals surface area contributed by atoms with Crippen LogP contribution in [-0.4, -0.2) is 33.2 Å². The van der Waals surface area contributed by atoms with Crippen LogP contribution in [-0.2, 0) is 11.3 Å². The summed E-state index contributed by atoms with van der Waals surface area (Å²) in [4.78, 5) is 11.0. The first-order chi connectivity index (χ1) is 8.63. The van der Waals surface area contributed by atoms with Crippen molar-refractivity contribution in [3.8, 4) is 5.69 Å². The van der Waals surface area contributed by atoms with E-state index in [0.717, 1.165) is 0 Å². The number of hydrogen-bond acceptors (Lipinski definition) is 4. The predicted octanol–water partition coefficient (Wildman–Crippen LogP) is 1.25. The second kappa shape index (κ2) is 4.92. The highest BCUT2D eigenvalue weighted by Gasteiger charge is 2.19. The number of rotatable bonds is 4. The number of benzene rings is 1. The molecule has 0 aliphatic heterocycles. The minimum absolute atomic E-state index is 0.0190. The third kappa shape index (κ3) is 2.21. The Bertz CT molecular complexity index is 583. The van der Waals surface area contributed by atoms with Crippen molar-refractivity contribution in [1.82, 2.24) is 15.0 Å². The van der Waals surface area contributed by atoms with Crippen molar-refractivity contribution in [2.45, 2.75) is 6.61 Å². The van der Waals surface area contributed by atoms with Gasteiger partial charge in [-0.25, -0.2) is 13.9 Å². The van der Waals surface area contributed by atoms with Gasteiger partial charge < -0.3 is 9.84 Å². The normalized spacial score (nSPS) is 10.6. The van der Waals surface area contributed by atoms with Gasteiger partial charge in [0.25, 0.3) is 0 Å². The topological polar surface area (TPSA) is 77.2 Å². The number of carboxylic acid groups (broad SMARTS) is 1. The van der Waals surface area contributed by atoms with Crippen LogP contribution in [0, 0.1) is 5.82 Å². The molecule has 0 aliphatic rings. The monoisotopic (exact) mass is 251 g/mol. The molecule has 0 saturated carbocycles. The van der Waals surface area contributed by atoms with Gasteiger partial charge in [-0.15, -0.1) is 5.10 Å². The molecule has 2 rings (SSSR count). The van der Waals surface area contributed by atoms with E-state index in [1.54, 1.807) is 6.07 Å². The summed E-state index contributed by atoms with van der Waals surface area (Å²) in [7, 11) is 1.43. The fourth-order valence-electron chi connectivity index (χ4n) is 1.55. The van der Waals surface area contributed by atoms with E-state index in [0.29, 0.717) is 5.69 Å². The molecule has 1 aromatic carbocycles. The molecule has 2 aromatic rings. The third-order valence-corrected chi connectivity index (χ3v) is 2.30. The highest BCUT2D eigenvalue weighted by Crippen LogP contribution is 2.15. The summed E-state index contributed by atoms with van der Waals surface area (Å²) >= 11 is 0. The van der Waals surface area contributed by atoms with Gasteiger partial charge in [-0.3, -0.25) is 0 Å². The van der Waals surface area contributed by atoms with Gasteiger partial charge in [0, 0.05) is 7.11 Å². The average molecular weight is 251 g/mol. The van der Waals surface area contributed by atoms with Gasteiger partial charge in [0.1, 0.15) is 11.5 Å². The lowest BCUT2D eigenvalue weighted by atomic mass is 10.3. The van der Waals surface area contributed by atoms with Crippen LogP contribution in [0.25, 0.3) is 5.69 Å². The molecular formula is C11H10FN3O3. The second-order valence-electron chi connectivity index (χ2n) is 3.51. The van der Waals surface area contributed by atoms with E-state index in [1.807, 2.05) is 0 Å². The molecule has 0 saturated heterocycles. The van der Waals surface area contributed by atoms with Gasteiger partial charge in [-0.2, -0.15) is 0 Å². The molecule has 0 radical (unpaired) electrons. The number of nitrogens with zero attached hydrogens (tertiary/aromatic N) is 3. The van der Waals surface area contributed by atoms with E-state index < -0.39 is 11.8 Å². The zero-order chi connectivity index (χ0) is 13.1. The number of halogens is 1. The summed E-state index contributed by atoms with van der Waals surface area (Å²) in [5.41, 5.74) is 0.443. The number of methoxy groups -OCH3 is 1. The van der Waals surface area contributed by atoms with Crippen LogP contribution in [0.5, 0.6) is 0 Å². The van der Waals surface area contributed by atoms with Crippen LogP contribution in [0.1, 0.15) is 16.2 Å². The summed E-state index contributed by atoms with van der Waals surface area (Å²) in [6.45, 7) is 0.0190. The largest absolute Gasteiger partial charge is 0.476 e. The lowest BCUT2D eigenvalue weighted by Gasteiger charge is -2.05. The van der Waals surface area contributed by atoms with Gasteiger partial charge >= 0.3 is 5.97 Å². The van der Waals surface area contributed by atoms with Crippen molar-refractivity contribution in [2.24, 2.45) is 0 Å². The number of aromatic nitrogens is 3. The molecule has 94 valence electrons. The zero-order valence-corrected chi connectivity index (χ0v) is 9.50. The molecular weight excluding hydrogens is 241 g/mol. The van der Waals surface area contributed by atoms with Crippen LogP contribution in [0.4, 0.5) is 4.39 Å². The Labute approximate surface area is 102 Å². The van der Waals surface area contributed by atoms with Crippen molar-refractivity contribution >= 4 is 5.97 Å². The van der Waals surface area contributed by atoms with E-state index in [9.17, 15) is 9.18 Å². The Kier molecular flexibility index (Phi) is 3.33.